The Hall–Kier alpha value is -0.840. The predicted octanol–water partition coefficient (Wildman–Crippen LogP) is 4.13. The molecule has 0 bridgehead atoms. The maximum absolute atomic E-state index is 6.44. The van der Waals surface area contributed by atoms with Crippen LogP contribution in [0.2, 0.25) is 0 Å². The molecule has 1 atom stereocenters. The summed E-state index contributed by atoms with van der Waals surface area (Å²) in [7, 11) is -0.522. The highest BCUT2D eigenvalue weighted by Gasteiger charge is 2.21. The molecule has 1 heterocycles. The van der Waals surface area contributed by atoms with E-state index in [1.807, 2.05) is 0 Å². The molecule has 1 aliphatic rings. The number of benzene rings is 2. The third-order valence-corrected chi connectivity index (χ3v) is 5.22. The first kappa shape index (κ1) is 9.39. The van der Waals surface area contributed by atoms with Gasteiger partial charge in [-0.25, -0.2) is 0 Å². The van der Waals surface area contributed by atoms with Crippen molar-refractivity contribution in [1.29, 1.82) is 0 Å². The minimum Gasteiger partial charge on any atom is -0.0908 e. The summed E-state index contributed by atoms with van der Waals surface area (Å²) >= 11 is 6.44. The van der Waals surface area contributed by atoms with Crippen molar-refractivity contribution in [2.24, 2.45) is 0 Å². The molecule has 2 aromatic carbocycles. The van der Waals surface area contributed by atoms with Crippen molar-refractivity contribution in [1.82, 2.24) is 0 Å². The van der Waals surface area contributed by atoms with Gasteiger partial charge in [0.25, 0.3) is 0 Å². The first-order valence-corrected chi connectivity index (χ1v) is 7.40. The molecule has 15 heavy (non-hydrogen) atoms. The van der Waals surface area contributed by atoms with E-state index in [4.69, 9.17) is 11.2 Å². The maximum Gasteiger partial charge on any atom is 0.0264 e. The van der Waals surface area contributed by atoms with Gasteiger partial charge in [-0.05, 0) is 22.0 Å². The van der Waals surface area contributed by atoms with Gasteiger partial charge in [0.15, 0.2) is 0 Å². The molecule has 1 unspecified atom stereocenters. The molecule has 3 rings (SSSR count). The van der Waals surface area contributed by atoms with Gasteiger partial charge in [-0.3, -0.25) is 0 Å². The molecule has 0 saturated carbocycles. The van der Waals surface area contributed by atoms with E-state index in [1.165, 1.54) is 22.0 Å². The van der Waals surface area contributed by atoms with Gasteiger partial charge in [-0.1, -0.05) is 59.8 Å². The van der Waals surface area contributed by atoms with Gasteiger partial charge in [-0.2, -0.15) is 0 Å². The van der Waals surface area contributed by atoms with Crippen LogP contribution in [0.4, 0.5) is 0 Å². The van der Waals surface area contributed by atoms with Crippen molar-refractivity contribution in [3.8, 4) is 11.1 Å². The first-order valence-electron chi connectivity index (χ1n) is 4.97. The van der Waals surface area contributed by atoms with Crippen LogP contribution in [0.25, 0.3) is 11.1 Å². The van der Waals surface area contributed by atoms with E-state index in [0.29, 0.717) is 0 Å². The zero-order valence-electron chi connectivity index (χ0n) is 8.15. The second kappa shape index (κ2) is 3.63. The molecule has 0 saturated heterocycles. The van der Waals surface area contributed by atoms with Crippen LogP contribution in [0.5, 0.6) is 0 Å². The van der Waals surface area contributed by atoms with Crippen LogP contribution in [0.3, 0.4) is 0 Å². The fourth-order valence-electron chi connectivity index (χ4n) is 2.07. The molecular weight excluding hydrogens is 223 g/mol. The molecule has 2 heteroatoms. The van der Waals surface area contributed by atoms with E-state index in [9.17, 15) is 0 Å². The number of hydrogen-bond acceptors (Lipinski definition) is 0. The summed E-state index contributed by atoms with van der Waals surface area (Å²) in [6.45, 7) is 0. The molecule has 1 aliphatic heterocycles. The van der Waals surface area contributed by atoms with Gasteiger partial charge in [0.2, 0.25) is 0 Å². The fraction of sp³-hybridized carbons (Fsp3) is 0.0769. The second-order valence-electron chi connectivity index (χ2n) is 3.69. The summed E-state index contributed by atoms with van der Waals surface area (Å²) < 4.78 is 0. The lowest BCUT2D eigenvalue weighted by Crippen LogP contribution is -2.09. The van der Waals surface area contributed by atoms with Gasteiger partial charge < -0.3 is 0 Å². The molecular formula is C13H10ClP. The van der Waals surface area contributed by atoms with Crippen molar-refractivity contribution in [3.63, 3.8) is 0 Å². The maximum atomic E-state index is 6.44. The minimum absolute atomic E-state index is 0.522. The molecule has 74 valence electrons. The van der Waals surface area contributed by atoms with E-state index in [1.54, 1.807) is 0 Å². The number of rotatable bonds is 0. The summed E-state index contributed by atoms with van der Waals surface area (Å²) in [5.74, 6) is 0. The fourth-order valence-corrected chi connectivity index (χ4v) is 4.35. The van der Waals surface area contributed by atoms with E-state index in [-0.39, 0.29) is 0 Å². The zero-order valence-corrected chi connectivity index (χ0v) is 9.80. The number of fused-ring (bicyclic) bond motifs is 3. The average molecular weight is 233 g/mol. The minimum atomic E-state index is -0.522. The van der Waals surface area contributed by atoms with E-state index in [0.717, 1.165) is 6.16 Å². The van der Waals surface area contributed by atoms with Crippen LogP contribution < -0.4 is 5.30 Å². The molecule has 0 aliphatic carbocycles. The monoisotopic (exact) mass is 232 g/mol. The molecule has 0 spiro atoms. The molecule has 2 aromatic rings. The zero-order chi connectivity index (χ0) is 10.3. The Labute approximate surface area is 95.4 Å². The SMILES string of the molecule is ClP1Cc2ccccc2-c2ccccc21. The molecule has 0 fully saturated rings. The van der Waals surface area contributed by atoms with Gasteiger partial charge in [0.05, 0.1) is 0 Å². The van der Waals surface area contributed by atoms with E-state index < -0.39 is 7.27 Å². The Morgan fingerprint density at radius 1 is 0.867 bits per heavy atom. The van der Waals surface area contributed by atoms with Crippen molar-refractivity contribution < 1.29 is 0 Å². The average Bonchev–Trinajstić information content (AvgIpc) is 2.30. The lowest BCUT2D eigenvalue weighted by Gasteiger charge is -2.23. The second-order valence-corrected chi connectivity index (χ2v) is 6.44. The Balaban J connectivity index is 2.30. The predicted molar refractivity (Wildman–Crippen MR) is 68.0 cm³/mol. The standard InChI is InChI=1S/C13H10ClP/c14-15-9-10-5-1-2-6-11(10)12-7-3-4-8-13(12)15/h1-8H,9H2. The first-order chi connectivity index (χ1) is 7.36. The van der Waals surface area contributed by atoms with Crippen LogP contribution in [-0.2, 0) is 6.16 Å². The van der Waals surface area contributed by atoms with Crippen molar-refractivity contribution >= 4 is 23.8 Å². The van der Waals surface area contributed by atoms with Crippen molar-refractivity contribution in [3.05, 3.63) is 54.1 Å². The third kappa shape index (κ3) is 1.49. The van der Waals surface area contributed by atoms with Crippen molar-refractivity contribution in [2.45, 2.75) is 6.16 Å². The normalized spacial score (nSPS) is 18.1. The number of hydrogen-bond donors (Lipinski definition) is 0. The van der Waals surface area contributed by atoms with Gasteiger partial charge >= 0.3 is 0 Å². The van der Waals surface area contributed by atoms with Crippen LogP contribution in [0, 0.1) is 0 Å². The van der Waals surface area contributed by atoms with Gasteiger partial charge in [0, 0.05) is 13.4 Å². The Bertz CT molecular complexity index is 507. The van der Waals surface area contributed by atoms with Crippen LogP contribution in [0.15, 0.2) is 48.5 Å². The molecule has 0 nitrogen and oxygen atoms in total. The summed E-state index contributed by atoms with van der Waals surface area (Å²) in [5, 5.41) is 1.33. The third-order valence-electron chi connectivity index (χ3n) is 2.78. The summed E-state index contributed by atoms with van der Waals surface area (Å²) in [6.07, 6.45) is 1.00. The lowest BCUT2D eigenvalue weighted by molar-refractivity contribution is 1.39. The molecule has 0 amide bonds. The number of halogens is 1. The molecule has 0 N–H and O–H groups in total. The Morgan fingerprint density at radius 3 is 2.40 bits per heavy atom. The smallest absolute Gasteiger partial charge is 0.0264 e. The topological polar surface area (TPSA) is 0 Å². The molecule has 0 radical (unpaired) electrons. The van der Waals surface area contributed by atoms with Crippen LogP contribution in [0.1, 0.15) is 5.56 Å². The molecule has 0 aromatic heterocycles. The highest BCUT2D eigenvalue weighted by Crippen LogP contribution is 2.51. The highest BCUT2D eigenvalue weighted by atomic mass is 35.7. The van der Waals surface area contributed by atoms with E-state index >= 15 is 0 Å². The largest absolute Gasteiger partial charge is 0.0908 e. The Morgan fingerprint density at radius 2 is 1.53 bits per heavy atom. The Kier molecular flexibility index (Phi) is 2.27. The van der Waals surface area contributed by atoms with Crippen molar-refractivity contribution in [2.75, 3.05) is 0 Å². The van der Waals surface area contributed by atoms with Crippen LogP contribution in [-0.4, -0.2) is 0 Å². The summed E-state index contributed by atoms with van der Waals surface area (Å²) in [5.41, 5.74) is 4.06. The summed E-state index contributed by atoms with van der Waals surface area (Å²) in [6, 6.07) is 17.0. The van der Waals surface area contributed by atoms with Gasteiger partial charge in [0.1, 0.15) is 0 Å². The van der Waals surface area contributed by atoms with E-state index in [2.05, 4.69) is 48.5 Å². The van der Waals surface area contributed by atoms with Gasteiger partial charge in [-0.15, -0.1) is 0 Å². The lowest BCUT2D eigenvalue weighted by atomic mass is 10.0. The van der Waals surface area contributed by atoms with Crippen LogP contribution >= 0.6 is 18.5 Å². The summed E-state index contributed by atoms with van der Waals surface area (Å²) in [4.78, 5) is 0. The quantitative estimate of drug-likeness (QED) is 0.599. The highest BCUT2D eigenvalue weighted by molar-refractivity contribution is 7.89.